The molecule has 0 radical (unpaired) electrons. The zero-order valence-electron chi connectivity index (χ0n) is 9.18. The molecule has 0 rings (SSSR count). The topological polar surface area (TPSA) is 132 Å². The third kappa shape index (κ3) is 14.8. The van der Waals surface area contributed by atoms with Crippen LogP contribution in [0.4, 0.5) is 0 Å². The van der Waals surface area contributed by atoms with E-state index in [9.17, 15) is 14.4 Å². The van der Waals surface area contributed by atoms with Crippen molar-refractivity contribution < 1.29 is 172 Å². The molecule has 0 saturated carbocycles. The van der Waals surface area contributed by atoms with Crippen molar-refractivity contribution in [3.05, 3.63) is 0 Å². The number of aliphatic carboxylic acids is 3. The van der Waals surface area contributed by atoms with Crippen molar-refractivity contribution in [1.29, 1.82) is 0 Å². The summed E-state index contributed by atoms with van der Waals surface area (Å²) in [6.45, 7) is 0. The molecule has 0 heterocycles. The van der Waals surface area contributed by atoms with E-state index in [1.54, 1.807) is 0 Å². The average molecular weight is 430 g/mol. The summed E-state index contributed by atoms with van der Waals surface area (Å²) < 4.78 is 0. The Bertz CT molecular complexity index is 245. The van der Waals surface area contributed by atoms with Gasteiger partial charge in [-0.1, -0.05) is 0 Å². The van der Waals surface area contributed by atoms with Gasteiger partial charge >= 0.3 is 121 Å². The molecule has 17 heavy (non-hydrogen) atoms. The van der Waals surface area contributed by atoms with Crippen LogP contribution in [0.15, 0.2) is 0 Å². The maximum Gasteiger partial charge on any atom is 1.00 e. The Morgan fingerprint density at radius 3 is 1.18 bits per heavy atom. The summed E-state index contributed by atoms with van der Waals surface area (Å²) in [5, 5.41) is 33.8. The Kier molecular flexibility index (Phi) is 28.1. The Morgan fingerprint density at radius 1 is 0.824 bits per heavy atom. The van der Waals surface area contributed by atoms with Crippen molar-refractivity contribution in [1.82, 2.24) is 0 Å². The van der Waals surface area contributed by atoms with Crippen LogP contribution >= 0.6 is 0 Å². The van der Waals surface area contributed by atoms with E-state index in [0.717, 1.165) is 0 Å². The van der Waals surface area contributed by atoms with Crippen LogP contribution in [0.3, 0.4) is 0 Å². The molecule has 0 fully saturated rings. The number of hydrogen-bond acceptors (Lipinski definition) is 4. The summed E-state index contributed by atoms with van der Waals surface area (Å²) in [4.78, 5) is 30.5. The monoisotopic (exact) mass is 428 g/mol. The van der Waals surface area contributed by atoms with E-state index in [4.69, 9.17) is 20.4 Å². The molecule has 7 nitrogen and oxygen atoms in total. The maximum atomic E-state index is 10.3. The van der Waals surface area contributed by atoms with E-state index in [0.29, 0.717) is 0 Å². The van der Waals surface area contributed by atoms with Gasteiger partial charge in [0.25, 0.3) is 0 Å². The smallest absolute Gasteiger partial charge is 1.00 e. The summed E-state index contributed by atoms with van der Waals surface area (Å²) in [7, 11) is 0. The van der Waals surface area contributed by atoms with Gasteiger partial charge in [-0.2, -0.15) is 0 Å². The number of carboxylic acid groups (broad SMARTS) is 3. The summed E-state index contributed by atoms with van der Waals surface area (Å²) in [6.07, 6.45) is -2.29. The van der Waals surface area contributed by atoms with E-state index in [1.165, 1.54) is 0 Å². The van der Waals surface area contributed by atoms with Crippen LogP contribution in [0.5, 0.6) is 0 Å². The Hall–Kier alpha value is 2.60. The molecule has 0 aliphatic heterocycles. The number of carboxylic acids is 3. The van der Waals surface area contributed by atoms with Gasteiger partial charge in [-0.25, -0.2) is 4.79 Å². The van der Waals surface area contributed by atoms with E-state index in [-0.39, 0.29) is 137 Å². The average Bonchev–Trinajstić information content (AvgIpc) is 1.82. The first kappa shape index (κ1) is 31.8. The zero-order chi connectivity index (χ0) is 10.6. The second kappa shape index (κ2) is 15.0. The van der Waals surface area contributed by atoms with E-state index < -0.39 is 36.4 Å². The largest absolute Gasteiger partial charge is 1.00 e. The van der Waals surface area contributed by atoms with Crippen molar-refractivity contribution in [3.8, 4) is 0 Å². The molecule has 0 aromatic carbocycles. The number of halogens is 2. The molecule has 0 aliphatic rings. The number of carbonyl (C=O) groups is 3. The van der Waals surface area contributed by atoms with Gasteiger partial charge in [0.15, 0.2) is 5.60 Å². The molecule has 0 aliphatic carbocycles. The molecule has 0 atom stereocenters. The molecule has 0 bridgehead atoms. The van der Waals surface area contributed by atoms with Crippen molar-refractivity contribution in [2.45, 2.75) is 18.4 Å². The fraction of sp³-hybridized carbons (Fsp3) is 0.500. The van der Waals surface area contributed by atoms with E-state index >= 15 is 0 Å². The van der Waals surface area contributed by atoms with Gasteiger partial charge in [0, 0.05) is 0 Å². The molecular weight excluding hydrogens is 422 g/mol. The minimum Gasteiger partial charge on any atom is -1.00 e. The predicted octanol–water partition coefficient (Wildman–Crippen LogP) is -13.2. The van der Waals surface area contributed by atoms with Gasteiger partial charge in [-0.05, 0) is 0 Å². The maximum absolute atomic E-state index is 10.3. The minimum atomic E-state index is -2.74. The van der Waals surface area contributed by atoms with Crippen LogP contribution in [0, 0.1) is 0 Å². The van der Waals surface area contributed by atoms with Crippen LogP contribution in [-0.4, -0.2) is 43.9 Å². The first-order valence-electron chi connectivity index (χ1n) is 3.17. The second-order valence-corrected chi connectivity index (χ2v) is 2.48. The normalized spacial score (nSPS) is 8.29. The van der Waals surface area contributed by atoms with Crippen molar-refractivity contribution in [2.75, 3.05) is 0 Å². The molecule has 0 spiro atoms. The zero-order valence-corrected chi connectivity index (χ0v) is 18.6. The molecule has 4 N–H and O–H groups in total. The molecule has 0 aromatic rings. The van der Waals surface area contributed by atoms with Gasteiger partial charge in [-0.15, -0.1) is 0 Å². The van der Waals surface area contributed by atoms with Crippen LogP contribution < -0.4 is 137 Å². The first-order chi connectivity index (χ1) is 5.78. The van der Waals surface area contributed by atoms with Gasteiger partial charge in [0.1, 0.15) is 0 Å². The Labute approximate surface area is 203 Å². The van der Waals surface area contributed by atoms with Crippen LogP contribution in [-0.2, 0) is 14.4 Å². The minimum absolute atomic E-state index is 0. The quantitative estimate of drug-likeness (QED) is 0.319. The summed E-state index contributed by atoms with van der Waals surface area (Å²) in [6, 6.07) is 0. The molecular formula is C6H8Br2K2O7. The Balaban J connectivity index is -0.000000120. The number of hydrogen-bond donors (Lipinski definition) is 4. The number of aliphatic hydroxyl groups is 1. The summed E-state index contributed by atoms with van der Waals surface area (Å²) in [5.74, 6) is -5.02. The fourth-order valence-electron chi connectivity index (χ4n) is 0.714. The third-order valence-corrected chi connectivity index (χ3v) is 1.29. The number of rotatable bonds is 5. The summed E-state index contributed by atoms with van der Waals surface area (Å²) in [5.41, 5.74) is -2.74. The van der Waals surface area contributed by atoms with Crippen molar-refractivity contribution in [3.63, 3.8) is 0 Å². The molecule has 0 aromatic heterocycles. The Morgan fingerprint density at radius 2 is 1.06 bits per heavy atom. The van der Waals surface area contributed by atoms with Gasteiger partial charge in [0.05, 0.1) is 12.8 Å². The first-order valence-corrected chi connectivity index (χ1v) is 3.17. The standard InChI is InChI=1S/C6H8O7.2BrH.2K/c7-3(8)1-6(13,5(11)12)2-4(9)10;;;;/h13H,1-2H2,(H,7,8)(H,9,10)(H,11,12);2*1H;;/q;;;2*+1/p-2. The van der Waals surface area contributed by atoms with Crippen molar-refractivity contribution in [2.24, 2.45) is 0 Å². The molecule has 90 valence electrons. The van der Waals surface area contributed by atoms with Crippen LogP contribution in [0.1, 0.15) is 12.8 Å². The molecule has 0 amide bonds. The third-order valence-electron chi connectivity index (χ3n) is 1.29. The predicted molar refractivity (Wildman–Crippen MR) is 37.1 cm³/mol. The fourth-order valence-corrected chi connectivity index (χ4v) is 0.714. The van der Waals surface area contributed by atoms with Crippen LogP contribution in [0.2, 0.25) is 0 Å². The van der Waals surface area contributed by atoms with E-state index in [2.05, 4.69) is 0 Å². The summed E-state index contributed by atoms with van der Waals surface area (Å²) >= 11 is 0. The van der Waals surface area contributed by atoms with Crippen molar-refractivity contribution >= 4 is 17.9 Å². The second-order valence-electron chi connectivity index (χ2n) is 2.48. The van der Waals surface area contributed by atoms with Gasteiger partial charge in [-0.3, -0.25) is 9.59 Å². The SMILES string of the molecule is O=C(O)CC(O)(CC(=O)O)C(=O)O.[Br-].[Br-].[K+].[K+]. The molecule has 0 unspecified atom stereocenters. The van der Waals surface area contributed by atoms with E-state index in [1.807, 2.05) is 0 Å². The van der Waals surface area contributed by atoms with Gasteiger partial charge in [0.2, 0.25) is 0 Å². The molecule has 11 heteroatoms. The van der Waals surface area contributed by atoms with Gasteiger partial charge < -0.3 is 54.4 Å². The molecule has 0 saturated heterocycles. The van der Waals surface area contributed by atoms with Crippen LogP contribution in [0.25, 0.3) is 0 Å².